The molecule has 0 aliphatic carbocycles. The third-order valence-electron chi connectivity index (χ3n) is 4.91. The summed E-state index contributed by atoms with van der Waals surface area (Å²) in [5, 5.41) is 13.4. The van der Waals surface area contributed by atoms with E-state index in [1.165, 1.54) is 5.01 Å². The van der Waals surface area contributed by atoms with Gasteiger partial charge in [0.15, 0.2) is 12.1 Å². The van der Waals surface area contributed by atoms with Crippen molar-refractivity contribution in [2.75, 3.05) is 4.90 Å². The molecule has 9 nitrogen and oxygen atoms in total. The smallest absolute Gasteiger partial charge is 0.263 e. The second kappa shape index (κ2) is 6.62. The highest BCUT2D eigenvalue weighted by Crippen LogP contribution is 2.32. The minimum absolute atomic E-state index is 0.0884. The second-order valence-electron chi connectivity index (χ2n) is 6.92. The van der Waals surface area contributed by atoms with Gasteiger partial charge in [-0.05, 0) is 25.1 Å². The van der Waals surface area contributed by atoms with E-state index in [2.05, 4.69) is 20.5 Å². The molecular weight excluding hydrogens is 372 g/mol. The van der Waals surface area contributed by atoms with Gasteiger partial charge in [0.2, 0.25) is 11.7 Å². The lowest BCUT2D eigenvalue weighted by molar-refractivity contribution is -0.123. The lowest BCUT2D eigenvalue weighted by Gasteiger charge is -2.19. The Morgan fingerprint density at radius 2 is 1.86 bits per heavy atom. The summed E-state index contributed by atoms with van der Waals surface area (Å²) in [5.41, 5.74) is 2.44. The zero-order chi connectivity index (χ0) is 20.0. The SMILES string of the molecule is Cc1cccc(-c2noc(CN3N=N[C@H]4C(=O)N(c5ccccc5)C(=O)[C@@H]43)n2)c1. The van der Waals surface area contributed by atoms with Gasteiger partial charge in [-0.25, -0.2) is 4.90 Å². The fraction of sp³-hybridized carbons (Fsp3) is 0.200. The molecule has 0 N–H and O–H groups in total. The van der Waals surface area contributed by atoms with Gasteiger partial charge in [0, 0.05) is 5.56 Å². The van der Waals surface area contributed by atoms with Crippen molar-refractivity contribution in [1.82, 2.24) is 15.1 Å². The number of amides is 2. The van der Waals surface area contributed by atoms with E-state index >= 15 is 0 Å². The van der Waals surface area contributed by atoms with Crippen LogP contribution in [0.1, 0.15) is 11.5 Å². The molecule has 2 aliphatic rings. The number of carbonyl (C=O) groups is 2. The molecule has 1 saturated heterocycles. The van der Waals surface area contributed by atoms with Crippen LogP contribution in [0.15, 0.2) is 69.5 Å². The lowest BCUT2D eigenvalue weighted by atomic mass is 10.1. The molecule has 2 atom stereocenters. The number of aryl methyl sites for hydroxylation is 1. The van der Waals surface area contributed by atoms with E-state index in [0.717, 1.165) is 16.0 Å². The van der Waals surface area contributed by atoms with E-state index in [-0.39, 0.29) is 18.4 Å². The maximum atomic E-state index is 12.9. The molecule has 29 heavy (non-hydrogen) atoms. The maximum absolute atomic E-state index is 12.9. The summed E-state index contributed by atoms with van der Waals surface area (Å²) >= 11 is 0. The van der Waals surface area contributed by atoms with E-state index in [0.29, 0.717) is 17.4 Å². The van der Waals surface area contributed by atoms with E-state index in [4.69, 9.17) is 4.52 Å². The lowest BCUT2D eigenvalue weighted by Crippen LogP contribution is -2.39. The highest BCUT2D eigenvalue weighted by atomic mass is 16.5. The minimum Gasteiger partial charge on any atom is -0.337 e. The molecule has 0 spiro atoms. The van der Waals surface area contributed by atoms with Gasteiger partial charge in [-0.1, -0.05) is 52.3 Å². The number of anilines is 1. The van der Waals surface area contributed by atoms with Crippen molar-refractivity contribution in [2.45, 2.75) is 25.6 Å². The molecule has 0 unspecified atom stereocenters. The van der Waals surface area contributed by atoms with Crippen LogP contribution in [-0.2, 0) is 16.1 Å². The Kier molecular flexibility index (Phi) is 3.94. The van der Waals surface area contributed by atoms with Gasteiger partial charge in [-0.3, -0.25) is 14.6 Å². The van der Waals surface area contributed by atoms with Crippen LogP contribution in [0.25, 0.3) is 11.4 Å². The molecule has 3 heterocycles. The molecule has 0 saturated carbocycles. The van der Waals surface area contributed by atoms with Crippen LogP contribution >= 0.6 is 0 Å². The van der Waals surface area contributed by atoms with Crippen LogP contribution in [-0.4, -0.2) is 39.0 Å². The van der Waals surface area contributed by atoms with Crippen molar-refractivity contribution in [3.05, 3.63) is 66.1 Å². The van der Waals surface area contributed by atoms with Crippen molar-refractivity contribution in [3.63, 3.8) is 0 Å². The monoisotopic (exact) mass is 388 g/mol. The molecular formula is C20H16N6O3. The number of aromatic nitrogens is 2. The molecule has 2 aromatic carbocycles. The predicted octanol–water partition coefficient (Wildman–Crippen LogP) is 2.54. The minimum atomic E-state index is -0.859. The van der Waals surface area contributed by atoms with E-state index < -0.39 is 12.1 Å². The van der Waals surface area contributed by atoms with Gasteiger partial charge >= 0.3 is 0 Å². The summed E-state index contributed by atoms with van der Waals surface area (Å²) in [6, 6.07) is 14.9. The normalized spacial score (nSPS) is 20.6. The number of nitrogens with zero attached hydrogens (tertiary/aromatic N) is 6. The van der Waals surface area contributed by atoms with Crippen molar-refractivity contribution in [2.24, 2.45) is 10.3 Å². The Morgan fingerprint density at radius 1 is 1.03 bits per heavy atom. The topological polar surface area (TPSA) is 104 Å². The first-order valence-corrected chi connectivity index (χ1v) is 9.12. The molecule has 2 amide bonds. The molecule has 0 radical (unpaired) electrons. The molecule has 1 aromatic heterocycles. The van der Waals surface area contributed by atoms with Gasteiger partial charge in [0.05, 0.1) is 5.69 Å². The highest BCUT2D eigenvalue weighted by Gasteiger charge is 2.55. The van der Waals surface area contributed by atoms with Crippen molar-refractivity contribution >= 4 is 17.5 Å². The van der Waals surface area contributed by atoms with Gasteiger partial charge in [0.1, 0.15) is 6.54 Å². The fourth-order valence-corrected chi connectivity index (χ4v) is 3.54. The third kappa shape index (κ3) is 2.87. The number of fused-ring (bicyclic) bond motifs is 1. The summed E-state index contributed by atoms with van der Waals surface area (Å²) in [4.78, 5) is 31.2. The Bertz CT molecular complexity index is 1130. The number of imide groups is 1. The first-order valence-electron chi connectivity index (χ1n) is 9.12. The van der Waals surface area contributed by atoms with Crippen molar-refractivity contribution in [3.8, 4) is 11.4 Å². The van der Waals surface area contributed by atoms with Gasteiger partial charge in [-0.15, -0.1) is 0 Å². The molecule has 144 valence electrons. The molecule has 2 aliphatic heterocycles. The Hall–Kier alpha value is -3.88. The Morgan fingerprint density at radius 3 is 2.66 bits per heavy atom. The van der Waals surface area contributed by atoms with Crippen LogP contribution in [0, 0.1) is 6.92 Å². The van der Waals surface area contributed by atoms with Crippen LogP contribution in [0.4, 0.5) is 5.69 Å². The molecule has 5 rings (SSSR count). The Balaban J connectivity index is 1.37. The highest BCUT2D eigenvalue weighted by molar-refractivity contribution is 6.25. The van der Waals surface area contributed by atoms with Crippen LogP contribution in [0.2, 0.25) is 0 Å². The second-order valence-corrected chi connectivity index (χ2v) is 6.92. The van der Waals surface area contributed by atoms with Crippen molar-refractivity contribution < 1.29 is 14.1 Å². The number of rotatable bonds is 4. The number of para-hydroxylation sites is 1. The average molecular weight is 388 g/mol. The largest absolute Gasteiger partial charge is 0.337 e. The number of hydrogen-bond donors (Lipinski definition) is 0. The van der Waals surface area contributed by atoms with Crippen LogP contribution in [0.3, 0.4) is 0 Å². The van der Waals surface area contributed by atoms with Gasteiger partial charge in [-0.2, -0.15) is 10.1 Å². The first-order chi connectivity index (χ1) is 14.1. The van der Waals surface area contributed by atoms with Crippen LogP contribution in [0.5, 0.6) is 0 Å². The molecule has 1 fully saturated rings. The van der Waals surface area contributed by atoms with Crippen molar-refractivity contribution in [1.29, 1.82) is 0 Å². The molecule has 9 heteroatoms. The quantitative estimate of drug-likeness (QED) is 0.636. The zero-order valence-corrected chi connectivity index (χ0v) is 15.5. The number of hydrogen-bond acceptors (Lipinski definition) is 8. The molecule has 3 aromatic rings. The number of carbonyl (C=O) groups excluding carboxylic acids is 2. The fourth-order valence-electron chi connectivity index (χ4n) is 3.54. The predicted molar refractivity (Wildman–Crippen MR) is 101 cm³/mol. The van der Waals surface area contributed by atoms with E-state index in [1.807, 2.05) is 37.3 Å². The average Bonchev–Trinajstić information content (AvgIpc) is 3.41. The zero-order valence-electron chi connectivity index (χ0n) is 15.5. The van der Waals surface area contributed by atoms with E-state index in [1.54, 1.807) is 24.3 Å². The summed E-state index contributed by atoms with van der Waals surface area (Å²) in [5.74, 6) is -0.00584. The first kappa shape index (κ1) is 17.2. The summed E-state index contributed by atoms with van der Waals surface area (Å²) < 4.78 is 5.33. The summed E-state index contributed by atoms with van der Waals surface area (Å²) in [7, 11) is 0. The van der Waals surface area contributed by atoms with E-state index in [9.17, 15) is 9.59 Å². The summed E-state index contributed by atoms with van der Waals surface area (Å²) in [6.07, 6.45) is 0. The maximum Gasteiger partial charge on any atom is 0.263 e. The van der Waals surface area contributed by atoms with Gasteiger partial charge in [0.25, 0.3) is 11.8 Å². The third-order valence-corrected chi connectivity index (χ3v) is 4.91. The summed E-state index contributed by atoms with van der Waals surface area (Å²) in [6.45, 7) is 2.07. The van der Waals surface area contributed by atoms with Crippen LogP contribution < -0.4 is 4.90 Å². The molecule has 0 bridgehead atoms. The van der Waals surface area contributed by atoms with Gasteiger partial charge < -0.3 is 4.52 Å². The standard InChI is InChI=1S/C20H16N6O3/c1-12-6-5-7-13(10-12)18-21-15(29-23-18)11-25-17-16(22-24-25)19(27)26(20(17)28)14-8-3-2-4-9-14/h2-10,16-17H,11H2,1H3/t16-,17-/m1/s1. The Labute approximate surface area is 165 Å². The number of benzene rings is 2.